The lowest BCUT2D eigenvalue weighted by molar-refractivity contribution is -0.121. The van der Waals surface area contributed by atoms with Crippen molar-refractivity contribution in [3.8, 4) is 17.0 Å². The van der Waals surface area contributed by atoms with E-state index in [1.165, 1.54) is 5.56 Å². The van der Waals surface area contributed by atoms with Gasteiger partial charge in [0.1, 0.15) is 5.75 Å². The van der Waals surface area contributed by atoms with Crippen molar-refractivity contribution in [1.82, 2.24) is 14.9 Å². The second kappa shape index (κ2) is 6.43. The quantitative estimate of drug-likeness (QED) is 0.780. The number of nitrogens with one attached hydrogen (secondary N) is 1. The largest absolute Gasteiger partial charge is 0.497 e. The lowest BCUT2D eigenvalue weighted by Crippen LogP contribution is -2.25. The Kier molecular flexibility index (Phi) is 3.98. The van der Waals surface area contributed by atoms with Crippen LogP contribution in [0.1, 0.15) is 23.6 Å². The summed E-state index contributed by atoms with van der Waals surface area (Å²) in [4.78, 5) is 16.7. The Morgan fingerprint density at radius 3 is 2.80 bits per heavy atom. The van der Waals surface area contributed by atoms with Crippen LogP contribution in [0.3, 0.4) is 0 Å². The van der Waals surface area contributed by atoms with Crippen molar-refractivity contribution in [3.63, 3.8) is 0 Å². The molecule has 3 aromatic rings. The zero-order valence-electron chi connectivity index (χ0n) is 14.0. The van der Waals surface area contributed by atoms with Gasteiger partial charge >= 0.3 is 0 Å². The van der Waals surface area contributed by atoms with E-state index in [1.807, 2.05) is 42.6 Å². The molecule has 0 spiro atoms. The number of benzene rings is 2. The minimum Gasteiger partial charge on any atom is -0.497 e. The van der Waals surface area contributed by atoms with E-state index in [1.54, 1.807) is 13.4 Å². The van der Waals surface area contributed by atoms with Crippen LogP contribution < -0.4 is 10.1 Å². The number of nitrogens with zero attached hydrogens (tertiary/aromatic N) is 2. The number of fused-ring (bicyclic) bond motifs is 3. The fraction of sp³-hybridized carbons (Fsp3) is 0.200. The monoisotopic (exact) mass is 333 g/mol. The number of ether oxygens (including phenoxy) is 1. The molecular formula is C20H19N3O2. The molecule has 1 amide bonds. The third-order valence-corrected chi connectivity index (χ3v) is 4.63. The van der Waals surface area contributed by atoms with Gasteiger partial charge in [-0.15, -0.1) is 0 Å². The first kappa shape index (κ1) is 15.4. The van der Waals surface area contributed by atoms with Gasteiger partial charge in [-0.1, -0.05) is 36.4 Å². The topological polar surface area (TPSA) is 56.1 Å². The Morgan fingerprint density at radius 1 is 1.20 bits per heavy atom. The van der Waals surface area contributed by atoms with E-state index in [4.69, 9.17) is 4.74 Å². The molecule has 2 aromatic carbocycles. The van der Waals surface area contributed by atoms with Crippen molar-refractivity contribution in [3.05, 3.63) is 72.2 Å². The van der Waals surface area contributed by atoms with Crippen molar-refractivity contribution >= 4 is 5.91 Å². The fourth-order valence-corrected chi connectivity index (χ4v) is 3.33. The van der Waals surface area contributed by atoms with Crippen LogP contribution in [-0.4, -0.2) is 22.6 Å². The number of amides is 1. The van der Waals surface area contributed by atoms with E-state index in [0.29, 0.717) is 13.0 Å². The molecule has 5 heteroatoms. The third-order valence-electron chi connectivity index (χ3n) is 4.63. The molecule has 1 atom stereocenters. The van der Waals surface area contributed by atoms with Gasteiger partial charge in [0, 0.05) is 12.1 Å². The summed E-state index contributed by atoms with van der Waals surface area (Å²) in [5.41, 5.74) is 4.46. The van der Waals surface area contributed by atoms with Crippen LogP contribution in [0, 0.1) is 0 Å². The molecule has 1 unspecified atom stereocenters. The highest BCUT2D eigenvalue weighted by Gasteiger charge is 2.29. The summed E-state index contributed by atoms with van der Waals surface area (Å²) in [5.74, 6) is 0.836. The molecule has 25 heavy (non-hydrogen) atoms. The van der Waals surface area contributed by atoms with Crippen molar-refractivity contribution in [1.29, 1.82) is 0 Å². The van der Waals surface area contributed by atoms with Gasteiger partial charge in [-0.3, -0.25) is 4.79 Å². The average Bonchev–Trinajstić information content (AvgIpc) is 3.23. The molecule has 0 saturated carbocycles. The van der Waals surface area contributed by atoms with Crippen LogP contribution in [0.15, 0.2) is 61.1 Å². The predicted molar refractivity (Wildman–Crippen MR) is 95.3 cm³/mol. The van der Waals surface area contributed by atoms with E-state index >= 15 is 0 Å². The molecule has 4 rings (SSSR count). The second-order valence-electron chi connectivity index (χ2n) is 6.12. The highest BCUT2D eigenvalue weighted by Crippen LogP contribution is 2.40. The molecule has 126 valence electrons. The van der Waals surface area contributed by atoms with Crippen LogP contribution in [0.4, 0.5) is 0 Å². The van der Waals surface area contributed by atoms with Crippen LogP contribution in [0.25, 0.3) is 11.3 Å². The maximum atomic E-state index is 12.5. The molecule has 1 aromatic heterocycles. The molecule has 0 saturated heterocycles. The van der Waals surface area contributed by atoms with Crippen molar-refractivity contribution in [2.24, 2.45) is 0 Å². The standard InChI is InChI=1S/C20H19N3O2/c1-25-15-8-6-14(7-9-15)11-22-20(24)10-18-16-4-2-3-5-17(16)19-12-21-13-23(18)19/h2-9,12-13,18H,10-11H2,1H3,(H,22,24). The summed E-state index contributed by atoms with van der Waals surface area (Å²) < 4.78 is 7.23. The number of carbonyl (C=O) groups is 1. The molecule has 2 heterocycles. The summed E-state index contributed by atoms with van der Waals surface area (Å²) in [7, 11) is 1.64. The Labute approximate surface area is 146 Å². The van der Waals surface area contributed by atoms with Gasteiger partial charge < -0.3 is 14.6 Å². The van der Waals surface area contributed by atoms with Crippen LogP contribution in [0.5, 0.6) is 5.75 Å². The first-order valence-electron chi connectivity index (χ1n) is 8.27. The van der Waals surface area contributed by atoms with Crippen LogP contribution in [0.2, 0.25) is 0 Å². The minimum absolute atomic E-state index is 0.00423. The van der Waals surface area contributed by atoms with E-state index in [0.717, 1.165) is 22.6 Å². The highest BCUT2D eigenvalue weighted by atomic mass is 16.5. The van der Waals surface area contributed by atoms with Gasteiger partial charge in [0.15, 0.2) is 0 Å². The van der Waals surface area contributed by atoms with Gasteiger partial charge in [-0.2, -0.15) is 0 Å². The van der Waals surface area contributed by atoms with Crippen molar-refractivity contribution in [2.75, 3.05) is 7.11 Å². The van der Waals surface area contributed by atoms with E-state index in [2.05, 4.69) is 27.0 Å². The van der Waals surface area contributed by atoms with E-state index < -0.39 is 0 Å². The smallest absolute Gasteiger partial charge is 0.222 e. The van der Waals surface area contributed by atoms with E-state index in [9.17, 15) is 4.79 Å². The van der Waals surface area contributed by atoms with Gasteiger partial charge in [0.05, 0.1) is 37.8 Å². The Bertz CT molecular complexity index is 899. The summed E-state index contributed by atoms with van der Waals surface area (Å²) in [6.45, 7) is 0.508. The third kappa shape index (κ3) is 2.89. The van der Waals surface area contributed by atoms with Gasteiger partial charge in [-0.05, 0) is 23.3 Å². The van der Waals surface area contributed by atoms with Crippen LogP contribution >= 0.6 is 0 Å². The summed E-state index contributed by atoms with van der Waals surface area (Å²) >= 11 is 0. The summed E-state index contributed by atoms with van der Waals surface area (Å²) in [6.07, 6.45) is 4.06. The number of methoxy groups -OCH3 is 1. The highest BCUT2D eigenvalue weighted by molar-refractivity contribution is 5.79. The summed E-state index contributed by atoms with van der Waals surface area (Å²) in [5, 5.41) is 3.00. The first-order chi connectivity index (χ1) is 12.3. The van der Waals surface area contributed by atoms with Gasteiger partial charge in [0.2, 0.25) is 5.91 Å². The number of carbonyl (C=O) groups excluding carboxylic acids is 1. The lowest BCUT2D eigenvalue weighted by Gasteiger charge is -2.14. The SMILES string of the molecule is COc1ccc(CNC(=O)CC2c3ccccc3-c3cncn32)cc1. The van der Waals surface area contributed by atoms with E-state index in [-0.39, 0.29) is 11.9 Å². The second-order valence-corrected chi connectivity index (χ2v) is 6.12. The normalized spacial score (nSPS) is 14.7. The number of imidazole rings is 1. The molecule has 1 aliphatic heterocycles. The zero-order valence-corrected chi connectivity index (χ0v) is 14.0. The maximum Gasteiger partial charge on any atom is 0.222 e. The maximum absolute atomic E-state index is 12.5. The Hall–Kier alpha value is -3.08. The first-order valence-corrected chi connectivity index (χ1v) is 8.27. The molecule has 0 fully saturated rings. The average molecular weight is 333 g/mol. The number of rotatable bonds is 5. The minimum atomic E-state index is 0.00423. The lowest BCUT2D eigenvalue weighted by atomic mass is 10.0. The van der Waals surface area contributed by atoms with Crippen molar-refractivity contribution in [2.45, 2.75) is 19.0 Å². The summed E-state index contributed by atoms with van der Waals surface area (Å²) in [6, 6.07) is 15.9. The number of aromatic nitrogens is 2. The molecular weight excluding hydrogens is 314 g/mol. The Morgan fingerprint density at radius 2 is 2.00 bits per heavy atom. The zero-order chi connectivity index (χ0) is 17.2. The fourth-order valence-electron chi connectivity index (χ4n) is 3.33. The number of hydrogen-bond donors (Lipinski definition) is 1. The van der Waals surface area contributed by atoms with Gasteiger partial charge in [0.25, 0.3) is 0 Å². The van der Waals surface area contributed by atoms with Gasteiger partial charge in [-0.25, -0.2) is 4.98 Å². The molecule has 5 nitrogen and oxygen atoms in total. The Balaban J connectivity index is 1.44. The predicted octanol–water partition coefficient (Wildman–Crippen LogP) is 3.17. The van der Waals surface area contributed by atoms with Crippen molar-refractivity contribution < 1.29 is 9.53 Å². The molecule has 1 aliphatic rings. The molecule has 0 bridgehead atoms. The van der Waals surface area contributed by atoms with Crippen LogP contribution in [-0.2, 0) is 11.3 Å². The molecule has 0 aliphatic carbocycles. The molecule has 1 N–H and O–H groups in total. The molecule has 0 radical (unpaired) electrons. The number of hydrogen-bond acceptors (Lipinski definition) is 3.